The summed E-state index contributed by atoms with van der Waals surface area (Å²) in [6, 6.07) is -0.775. The molecule has 2 radical (unpaired) electrons. The number of methoxy groups -OCH3 is 1. The molecule has 0 bridgehead atoms. The first kappa shape index (κ1) is 12.5. The van der Waals surface area contributed by atoms with Crippen molar-refractivity contribution in [2.45, 2.75) is 23.8 Å². The van der Waals surface area contributed by atoms with Gasteiger partial charge in [-0.05, 0) is 0 Å². The molecule has 1 N–H and O–H groups in total. The molecule has 2 fully saturated rings. The minimum absolute atomic E-state index is 0.324. The van der Waals surface area contributed by atoms with Crippen molar-refractivity contribution in [3.8, 4) is 0 Å². The lowest BCUT2D eigenvalue weighted by Crippen LogP contribution is -2.61. The Morgan fingerprint density at radius 1 is 1.69 bits per heavy atom. The van der Waals surface area contributed by atoms with Gasteiger partial charge in [0.2, 0.25) is 0 Å². The van der Waals surface area contributed by atoms with Gasteiger partial charge in [-0.3, -0.25) is 4.57 Å². The summed E-state index contributed by atoms with van der Waals surface area (Å²) in [5.41, 5.74) is -0.631. The fourth-order valence-electron chi connectivity index (χ4n) is 2.11. The van der Waals surface area contributed by atoms with Crippen LogP contribution in [-0.4, -0.2) is 63.5 Å². The molecule has 90 valence electrons. The van der Waals surface area contributed by atoms with Crippen LogP contribution in [0.25, 0.3) is 0 Å². The highest BCUT2D eigenvalue weighted by atomic mass is 31.2. The molecule has 2 heterocycles. The Morgan fingerprint density at radius 2 is 2.38 bits per heavy atom. The van der Waals surface area contributed by atoms with Gasteiger partial charge in [-0.25, -0.2) is 0 Å². The van der Waals surface area contributed by atoms with E-state index < -0.39 is 31.4 Å². The molecule has 0 aliphatic carbocycles. The van der Waals surface area contributed by atoms with E-state index in [0.717, 1.165) is 6.66 Å². The second-order valence-electron chi connectivity index (χ2n) is 4.18. The van der Waals surface area contributed by atoms with Crippen molar-refractivity contribution in [3.05, 3.63) is 0 Å². The van der Waals surface area contributed by atoms with Crippen LogP contribution in [-0.2, 0) is 23.3 Å². The van der Waals surface area contributed by atoms with Gasteiger partial charge < -0.3 is 23.6 Å². The van der Waals surface area contributed by atoms with E-state index >= 15 is 0 Å². The highest BCUT2D eigenvalue weighted by molar-refractivity contribution is 7.51. The zero-order valence-electron chi connectivity index (χ0n) is 9.16. The lowest BCUT2D eigenvalue weighted by atomic mass is 9.86. The Labute approximate surface area is 95.1 Å². The number of hydrogen-bond acceptors (Lipinski definition) is 5. The number of fused-ring (bicyclic) bond motifs is 1. The molecule has 16 heavy (non-hydrogen) atoms. The maximum absolute atomic E-state index is 11.2. The molecule has 0 amide bonds. The van der Waals surface area contributed by atoms with Crippen molar-refractivity contribution in [2.75, 3.05) is 27.0 Å². The molecule has 6 nitrogen and oxygen atoms in total. The predicted octanol–water partition coefficient (Wildman–Crippen LogP) is -0.504. The maximum Gasteiger partial charge on any atom is 0.325 e. The second-order valence-corrected chi connectivity index (χ2v) is 6.00. The Morgan fingerprint density at radius 3 is 2.81 bits per heavy atom. The third-order valence-corrected chi connectivity index (χ3v) is 3.36. The van der Waals surface area contributed by atoms with E-state index in [4.69, 9.17) is 26.6 Å². The molecule has 8 heteroatoms. The lowest BCUT2D eigenvalue weighted by molar-refractivity contribution is -0.241. The average molecular weight is 248 g/mol. The van der Waals surface area contributed by atoms with E-state index in [-0.39, 0.29) is 0 Å². The summed E-state index contributed by atoms with van der Waals surface area (Å²) in [4.78, 5) is 9.17. The summed E-state index contributed by atoms with van der Waals surface area (Å²) in [6.07, 6.45) is -1.17. The zero-order chi connectivity index (χ0) is 12.0. The van der Waals surface area contributed by atoms with Gasteiger partial charge in [-0.1, -0.05) is 0 Å². The molecule has 0 aromatic rings. The summed E-state index contributed by atoms with van der Waals surface area (Å²) in [7, 11) is 3.64. The highest BCUT2D eigenvalue weighted by Crippen LogP contribution is 2.48. The second kappa shape index (κ2) is 4.08. The molecular formula is C8H14BO6P. The van der Waals surface area contributed by atoms with Gasteiger partial charge in [0.15, 0.2) is 0 Å². The molecule has 2 rings (SSSR count). The molecule has 0 spiro atoms. The number of hydrogen-bond donors (Lipinski definition) is 1. The van der Waals surface area contributed by atoms with E-state index in [0.29, 0.717) is 13.2 Å². The molecular weight excluding hydrogens is 234 g/mol. The van der Waals surface area contributed by atoms with Crippen molar-refractivity contribution >= 4 is 15.4 Å². The molecule has 2 aliphatic rings. The first-order chi connectivity index (χ1) is 7.38. The van der Waals surface area contributed by atoms with Crippen LogP contribution < -0.4 is 0 Å². The number of rotatable bonds is 4. The van der Waals surface area contributed by atoms with E-state index in [2.05, 4.69) is 0 Å². The summed E-state index contributed by atoms with van der Waals surface area (Å²) in [5, 5.41) is 0. The number of ether oxygens (including phenoxy) is 3. The van der Waals surface area contributed by atoms with Crippen LogP contribution in [0.1, 0.15) is 0 Å². The first-order valence-electron chi connectivity index (χ1n) is 4.90. The van der Waals surface area contributed by atoms with Crippen LogP contribution in [0.3, 0.4) is 0 Å². The summed E-state index contributed by atoms with van der Waals surface area (Å²) in [5.74, 6) is 0. The Kier molecular flexibility index (Phi) is 3.20. The van der Waals surface area contributed by atoms with Crippen molar-refractivity contribution in [2.24, 2.45) is 0 Å². The Balaban J connectivity index is 2.09. The van der Waals surface area contributed by atoms with Crippen molar-refractivity contribution in [3.63, 3.8) is 0 Å². The fraction of sp³-hybridized carbons (Fsp3) is 1.00. The van der Waals surface area contributed by atoms with E-state index in [1.165, 1.54) is 0 Å². The van der Waals surface area contributed by atoms with Gasteiger partial charge >= 0.3 is 7.60 Å². The molecule has 0 saturated carbocycles. The van der Waals surface area contributed by atoms with Crippen LogP contribution in [0.2, 0.25) is 0 Å². The summed E-state index contributed by atoms with van der Waals surface area (Å²) < 4.78 is 32.0. The SMILES string of the molecule is [B]C1OC2(COC)COC2C1OP(C)(=O)O. The maximum atomic E-state index is 11.2. The van der Waals surface area contributed by atoms with Crippen molar-refractivity contribution < 1.29 is 28.2 Å². The predicted molar refractivity (Wildman–Crippen MR) is 55.6 cm³/mol. The highest BCUT2D eigenvalue weighted by Gasteiger charge is 2.62. The van der Waals surface area contributed by atoms with Crippen LogP contribution >= 0.6 is 7.60 Å². The van der Waals surface area contributed by atoms with Gasteiger partial charge in [0, 0.05) is 19.8 Å². The van der Waals surface area contributed by atoms with Gasteiger partial charge in [-0.2, -0.15) is 0 Å². The van der Waals surface area contributed by atoms with Crippen molar-refractivity contribution in [1.82, 2.24) is 0 Å². The minimum atomic E-state index is -3.61. The molecule has 5 unspecified atom stereocenters. The monoisotopic (exact) mass is 248 g/mol. The largest absolute Gasteiger partial charge is 0.381 e. The van der Waals surface area contributed by atoms with E-state index in [1.807, 2.05) is 0 Å². The molecule has 0 aromatic carbocycles. The van der Waals surface area contributed by atoms with Gasteiger partial charge in [0.05, 0.1) is 13.2 Å². The van der Waals surface area contributed by atoms with Crippen LogP contribution in [0.5, 0.6) is 0 Å². The molecule has 2 saturated heterocycles. The van der Waals surface area contributed by atoms with Crippen LogP contribution in [0.4, 0.5) is 0 Å². The molecule has 2 aliphatic heterocycles. The van der Waals surface area contributed by atoms with Crippen LogP contribution in [0.15, 0.2) is 0 Å². The summed E-state index contributed by atoms with van der Waals surface area (Å²) >= 11 is 0. The lowest BCUT2D eigenvalue weighted by Gasteiger charge is -2.43. The van der Waals surface area contributed by atoms with Gasteiger partial charge in [-0.15, -0.1) is 0 Å². The average Bonchev–Trinajstić information content (AvgIpc) is 2.26. The van der Waals surface area contributed by atoms with Gasteiger partial charge in [0.25, 0.3) is 0 Å². The first-order valence-corrected chi connectivity index (χ1v) is 6.93. The Bertz CT molecular complexity index is 320. The third kappa shape index (κ3) is 2.08. The van der Waals surface area contributed by atoms with Crippen LogP contribution in [0, 0.1) is 0 Å². The van der Waals surface area contributed by atoms with E-state index in [1.54, 1.807) is 7.11 Å². The van der Waals surface area contributed by atoms with Crippen molar-refractivity contribution in [1.29, 1.82) is 0 Å². The molecule has 0 aromatic heterocycles. The third-order valence-electron chi connectivity index (χ3n) is 2.72. The normalized spacial score (nSPS) is 45.8. The summed E-state index contributed by atoms with van der Waals surface area (Å²) in [6.45, 7) is 1.79. The minimum Gasteiger partial charge on any atom is -0.381 e. The standard InChI is InChI=1S/C8H14BO6P/c1-12-3-8-4-13-6(8)5(7(9)14-8)15-16(2,10)11/h5-7H,3-4H2,1-2H3,(H,10,11). The Hall–Kier alpha value is 0.0949. The quantitative estimate of drug-likeness (QED) is 0.533. The molecule has 5 atom stereocenters. The fourth-order valence-corrected chi connectivity index (χ4v) is 2.80. The smallest absolute Gasteiger partial charge is 0.325 e. The van der Waals surface area contributed by atoms with Gasteiger partial charge in [0.1, 0.15) is 25.7 Å². The van der Waals surface area contributed by atoms with E-state index in [9.17, 15) is 9.46 Å². The topological polar surface area (TPSA) is 74.2 Å². The zero-order valence-corrected chi connectivity index (χ0v) is 10.1.